The van der Waals surface area contributed by atoms with Crippen molar-refractivity contribution in [1.29, 1.82) is 0 Å². The van der Waals surface area contributed by atoms with Crippen molar-refractivity contribution in [3.05, 3.63) is 59.8 Å². The first-order chi connectivity index (χ1) is 10.3. The third kappa shape index (κ3) is 2.09. The molecule has 4 rings (SSSR count). The second kappa shape index (κ2) is 4.92. The lowest BCUT2D eigenvalue weighted by atomic mass is 9.87. The van der Waals surface area contributed by atoms with Gasteiger partial charge in [0.15, 0.2) is 0 Å². The molecule has 1 aliphatic heterocycles. The molecule has 3 heteroatoms. The highest BCUT2D eigenvalue weighted by atomic mass is 15.3. The van der Waals surface area contributed by atoms with Crippen molar-refractivity contribution in [2.24, 2.45) is 7.05 Å². The van der Waals surface area contributed by atoms with Crippen LogP contribution in [0.1, 0.15) is 23.6 Å². The summed E-state index contributed by atoms with van der Waals surface area (Å²) in [6, 6.07) is 17.2. The summed E-state index contributed by atoms with van der Waals surface area (Å²) in [4.78, 5) is 0. The molecule has 2 aromatic carbocycles. The SMILES string of the molecule is Cn1nc(CC2CCNc3ccccc32)c2ccccc21. The summed E-state index contributed by atoms with van der Waals surface area (Å²) in [7, 11) is 2.03. The Labute approximate surface area is 124 Å². The Balaban J connectivity index is 1.73. The van der Waals surface area contributed by atoms with Crippen molar-refractivity contribution in [3.63, 3.8) is 0 Å². The van der Waals surface area contributed by atoms with Crippen LogP contribution in [0.2, 0.25) is 0 Å². The van der Waals surface area contributed by atoms with Gasteiger partial charge in [-0.2, -0.15) is 5.10 Å². The summed E-state index contributed by atoms with van der Waals surface area (Å²) in [6.07, 6.45) is 2.18. The summed E-state index contributed by atoms with van der Waals surface area (Å²) in [5.41, 5.74) is 5.15. The van der Waals surface area contributed by atoms with Crippen molar-refractivity contribution < 1.29 is 0 Å². The van der Waals surface area contributed by atoms with Gasteiger partial charge in [0.2, 0.25) is 0 Å². The maximum absolute atomic E-state index is 4.75. The number of para-hydroxylation sites is 2. The Morgan fingerprint density at radius 1 is 1.14 bits per heavy atom. The summed E-state index contributed by atoms with van der Waals surface area (Å²) in [5, 5.41) is 9.54. The van der Waals surface area contributed by atoms with E-state index in [1.165, 1.54) is 34.3 Å². The zero-order valence-corrected chi connectivity index (χ0v) is 12.2. The molecule has 1 unspecified atom stereocenters. The minimum Gasteiger partial charge on any atom is -0.385 e. The third-order valence-electron chi connectivity index (χ3n) is 4.48. The second-order valence-corrected chi connectivity index (χ2v) is 5.79. The summed E-state index contributed by atoms with van der Waals surface area (Å²) in [6.45, 7) is 1.05. The van der Waals surface area contributed by atoms with Gasteiger partial charge in [0.25, 0.3) is 0 Å². The molecule has 3 aromatic rings. The number of anilines is 1. The molecule has 0 amide bonds. The number of benzene rings is 2. The number of nitrogens with one attached hydrogen (secondary N) is 1. The Morgan fingerprint density at radius 3 is 2.90 bits per heavy atom. The molecule has 106 valence electrons. The summed E-state index contributed by atoms with van der Waals surface area (Å²) in [5.74, 6) is 0.556. The molecule has 0 saturated carbocycles. The molecule has 1 N–H and O–H groups in total. The highest BCUT2D eigenvalue weighted by molar-refractivity contribution is 5.82. The fraction of sp³-hybridized carbons (Fsp3) is 0.278. The molecule has 2 heterocycles. The molecule has 0 bridgehead atoms. The second-order valence-electron chi connectivity index (χ2n) is 5.79. The summed E-state index contributed by atoms with van der Waals surface area (Å²) < 4.78 is 2.00. The van der Waals surface area contributed by atoms with E-state index in [1.54, 1.807) is 0 Å². The number of nitrogens with zero attached hydrogens (tertiary/aromatic N) is 2. The van der Waals surface area contributed by atoms with Gasteiger partial charge in [-0.05, 0) is 36.5 Å². The van der Waals surface area contributed by atoms with Crippen molar-refractivity contribution in [3.8, 4) is 0 Å². The molecular formula is C18H19N3. The average Bonchev–Trinajstić information content (AvgIpc) is 2.85. The van der Waals surface area contributed by atoms with E-state index in [0.29, 0.717) is 5.92 Å². The van der Waals surface area contributed by atoms with E-state index >= 15 is 0 Å². The van der Waals surface area contributed by atoms with Gasteiger partial charge in [0.1, 0.15) is 0 Å². The third-order valence-corrected chi connectivity index (χ3v) is 4.48. The molecule has 1 aliphatic rings. The first-order valence-corrected chi connectivity index (χ1v) is 7.56. The van der Waals surface area contributed by atoms with E-state index < -0.39 is 0 Å². The van der Waals surface area contributed by atoms with E-state index in [1.807, 2.05) is 11.7 Å². The van der Waals surface area contributed by atoms with Gasteiger partial charge < -0.3 is 5.32 Å². The molecular weight excluding hydrogens is 258 g/mol. The number of fused-ring (bicyclic) bond motifs is 2. The van der Waals surface area contributed by atoms with Crippen LogP contribution in [-0.4, -0.2) is 16.3 Å². The van der Waals surface area contributed by atoms with Crippen LogP contribution in [0.25, 0.3) is 10.9 Å². The maximum atomic E-state index is 4.75. The lowest BCUT2D eigenvalue weighted by molar-refractivity contribution is 0.609. The number of aromatic nitrogens is 2. The van der Waals surface area contributed by atoms with Gasteiger partial charge in [0.05, 0.1) is 11.2 Å². The Kier molecular flexibility index (Phi) is 2.92. The van der Waals surface area contributed by atoms with Crippen LogP contribution < -0.4 is 5.32 Å². The number of aryl methyl sites for hydroxylation is 1. The van der Waals surface area contributed by atoms with Gasteiger partial charge in [0, 0.05) is 24.7 Å². The fourth-order valence-corrected chi connectivity index (χ4v) is 3.44. The van der Waals surface area contributed by atoms with Crippen LogP contribution in [0.15, 0.2) is 48.5 Å². The normalized spacial score (nSPS) is 17.5. The lowest BCUT2D eigenvalue weighted by Crippen LogP contribution is -2.18. The predicted octanol–water partition coefficient (Wildman–Crippen LogP) is 3.72. The zero-order chi connectivity index (χ0) is 14.2. The van der Waals surface area contributed by atoms with Crippen LogP contribution in [0, 0.1) is 0 Å². The number of rotatable bonds is 2. The molecule has 0 fully saturated rings. The van der Waals surface area contributed by atoms with Crippen molar-refractivity contribution in [2.75, 3.05) is 11.9 Å². The fourth-order valence-electron chi connectivity index (χ4n) is 3.44. The monoisotopic (exact) mass is 277 g/mol. The smallest absolute Gasteiger partial charge is 0.0709 e. The minimum atomic E-state index is 0.556. The van der Waals surface area contributed by atoms with E-state index in [4.69, 9.17) is 5.10 Å². The van der Waals surface area contributed by atoms with Gasteiger partial charge in [-0.25, -0.2) is 0 Å². The van der Waals surface area contributed by atoms with Crippen LogP contribution in [0.4, 0.5) is 5.69 Å². The zero-order valence-electron chi connectivity index (χ0n) is 12.2. The molecule has 0 saturated heterocycles. The Hall–Kier alpha value is -2.29. The van der Waals surface area contributed by atoms with Crippen LogP contribution in [-0.2, 0) is 13.5 Å². The van der Waals surface area contributed by atoms with Gasteiger partial charge in [-0.1, -0.05) is 36.4 Å². The molecule has 0 spiro atoms. The van der Waals surface area contributed by atoms with Crippen LogP contribution in [0.5, 0.6) is 0 Å². The van der Waals surface area contributed by atoms with Gasteiger partial charge >= 0.3 is 0 Å². The largest absolute Gasteiger partial charge is 0.385 e. The molecule has 0 radical (unpaired) electrons. The highest BCUT2D eigenvalue weighted by Crippen LogP contribution is 2.34. The predicted molar refractivity (Wildman–Crippen MR) is 86.7 cm³/mol. The topological polar surface area (TPSA) is 29.9 Å². The first kappa shape index (κ1) is 12.5. The van der Waals surface area contributed by atoms with E-state index in [0.717, 1.165) is 13.0 Å². The minimum absolute atomic E-state index is 0.556. The highest BCUT2D eigenvalue weighted by Gasteiger charge is 2.22. The van der Waals surface area contributed by atoms with Crippen LogP contribution in [0.3, 0.4) is 0 Å². The van der Waals surface area contributed by atoms with Crippen molar-refractivity contribution in [1.82, 2.24) is 9.78 Å². The number of hydrogen-bond acceptors (Lipinski definition) is 2. The first-order valence-electron chi connectivity index (χ1n) is 7.56. The van der Waals surface area contributed by atoms with Crippen LogP contribution >= 0.6 is 0 Å². The lowest BCUT2D eigenvalue weighted by Gasteiger charge is -2.26. The quantitative estimate of drug-likeness (QED) is 0.773. The van der Waals surface area contributed by atoms with Gasteiger partial charge in [-0.3, -0.25) is 4.68 Å². The van der Waals surface area contributed by atoms with E-state index in [2.05, 4.69) is 53.8 Å². The molecule has 21 heavy (non-hydrogen) atoms. The average molecular weight is 277 g/mol. The Morgan fingerprint density at radius 2 is 1.95 bits per heavy atom. The molecule has 0 aliphatic carbocycles. The molecule has 3 nitrogen and oxygen atoms in total. The molecule has 1 aromatic heterocycles. The van der Waals surface area contributed by atoms with E-state index in [9.17, 15) is 0 Å². The van der Waals surface area contributed by atoms with Crippen molar-refractivity contribution in [2.45, 2.75) is 18.8 Å². The standard InChI is InChI=1S/C18H19N3/c1-21-18-9-5-3-7-15(18)17(20-21)12-13-10-11-19-16-8-4-2-6-14(13)16/h2-9,13,19H,10-12H2,1H3. The molecule has 1 atom stereocenters. The summed E-state index contributed by atoms with van der Waals surface area (Å²) >= 11 is 0. The number of hydrogen-bond donors (Lipinski definition) is 1. The maximum Gasteiger partial charge on any atom is 0.0709 e. The van der Waals surface area contributed by atoms with Gasteiger partial charge in [-0.15, -0.1) is 0 Å². The Bertz CT molecular complexity index is 788. The van der Waals surface area contributed by atoms with E-state index in [-0.39, 0.29) is 0 Å². The van der Waals surface area contributed by atoms with Crippen molar-refractivity contribution >= 4 is 16.6 Å².